The zero-order valence-corrected chi connectivity index (χ0v) is 8.12. The molecule has 0 radical (unpaired) electrons. The van der Waals surface area contributed by atoms with Crippen LogP contribution < -0.4 is 0 Å². The SMILES string of the molecule is C=COS(=O)[O-].Cc1ccccc1. The first-order chi connectivity index (χ1) is 6.16. The summed E-state index contributed by atoms with van der Waals surface area (Å²) in [5.41, 5.74) is 1.32. The Morgan fingerprint density at radius 2 is 2.00 bits per heavy atom. The van der Waals surface area contributed by atoms with Crippen molar-refractivity contribution in [3.63, 3.8) is 0 Å². The number of aryl methyl sites for hydroxylation is 1. The molecule has 0 fully saturated rings. The van der Waals surface area contributed by atoms with Crippen LogP contribution >= 0.6 is 0 Å². The van der Waals surface area contributed by atoms with Gasteiger partial charge in [0, 0.05) is 0 Å². The van der Waals surface area contributed by atoms with E-state index in [1.807, 2.05) is 18.2 Å². The van der Waals surface area contributed by atoms with Gasteiger partial charge < -0.3 is 8.74 Å². The largest absolute Gasteiger partial charge is 0.740 e. The molecule has 0 aliphatic rings. The third kappa shape index (κ3) is 8.78. The summed E-state index contributed by atoms with van der Waals surface area (Å²) in [6, 6.07) is 10.3. The summed E-state index contributed by atoms with van der Waals surface area (Å²) in [6.07, 6.45) is 0.836. The van der Waals surface area contributed by atoms with E-state index < -0.39 is 11.4 Å². The standard InChI is InChI=1S/C7H8.C2H4O3S/c1-7-5-3-2-4-6-7;1-2-5-6(3)4/h2-6H,1H3;2H,1H2,(H,3,4)/p-1. The van der Waals surface area contributed by atoms with Crippen molar-refractivity contribution in [1.82, 2.24) is 0 Å². The van der Waals surface area contributed by atoms with E-state index in [9.17, 15) is 8.76 Å². The van der Waals surface area contributed by atoms with Crippen LogP contribution in [0.3, 0.4) is 0 Å². The molecule has 1 atom stereocenters. The van der Waals surface area contributed by atoms with E-state index in [0.29, 0.717) is 0 Å². The monoisotopic (exact) mass is 199 g/mol. The molecular formula is C9H11O3S-. The Balaban J connectivity index is 0.000000226. The van der Waals surface area contributed by atoms with E-state index in [4.69, 9.17) is 0 Å². The Bertz CT molecular complexity index is 259. The smallest absolute Gasteiger partial charge is 0.138 e. The van der Waals surface area contributed by atoms with Gasteiger partial charge in [0.25, 0.3) is 0 Å². The molecule has 0 aromatic heterocycles. The fourth-order valence-electron chi connectivity index (χ4n) is 0.590. The predicted molar refractivity (Wildman–Crippen MR) is 51.4 cm³/mol. The molecule has 0 heterocycles. The van der Waals surface area contributed by atoms with E-state index in [2.05, 4.69) is 29.8 Å². The van der Waals surface area contributed by atoms with Crippen molar-refractivity contribution in [2.75, 3.05) is 0 Å². The van der Waals surface area contributed by atoms with Gasteiger partial charge in [-0.1, -0.05) is 42.5 Å². The molecule has 3 nitrogen and oxygen atoms in total. The summed E-state index contributed by atoms with van der Waals surface area (Å²) in [5.74, 6) is 0. The van der Waals surface area contributed by atoms with Gasteiger partial charge in [-0.3, -0.25) is 0 Å². The van der Waals surface area contributed by atoms with E-state index in [-0.39, 0.29) is 0 Å². The van der Waals surface area contributed by atoms with Crippen molar-refractivity contribution in [2.24, 2.45) is 0 Å². The van der Waals surface area contributed by atoms with Gasteiger partial charge in [-0.25, -0.2) is 4.21 Å². The third-order valence-corrected chi connectivity index (χ3v) is 1.38. The van der Waals surface area contributed by atoms with Crippen molar-refractivity contribution in [2.45, 2.75) is 6.92 Å². The lowest BCUT2D eigenvalue weighted by atomic mass is 10.2. The fourth-order valence-corrected chi connectivity index (χ4v) is 0.701. The Labute approximate surface area is 80.5 Å². The van der Waals surface area contributed by atoms with Gasteiger partial charge in [-0.2, -0.15) is 0 Å². The molecule has 1 aromatic rings. The molecule has 0 aliphatic carbocycles. The van der Waals surface area contributed by atoms with Crippen molar-refractivity contribution in [3.8, 4) is 0 Å². The van der Waals surface area contributed by atoms with Gasteiger partial charge >= 0.3 is 0 Å². The van der Waals surface area contributed by atoms with Crippen molar-refractivity contribution in [1.29, 1.82) is 0 Å². The minimum absolute atomic E-state index is 0.836. The second kappa shape index (κ2) is 7.52. The first-order valence-electron chi connectivity index (χ1n) is 3.55. The molecule has 13 heavy (non-hydrogen) atoms. The van der Waals surface area contributed by atoms with Crippen LogP contribution in [0.4, 0.5) is 0 Å². The molecule has 0 amide bonds. The summed E-state index contributed by atoms with van der Waals surface area (Å²) in [7, 11) is 0. The molecule has 0 bridgehead atoms. The Hall–Kier alpha value is -1.13. The third-order valence-electron chi connectivity index (χ3n) is 1.09. The molecule has 4 heteroatoms. The minimum Gasteiger partial charge on any atom is -0.740 e. The van der Waals surface area contributed by atoms with Crippen LogP contribution in [-0.2, 0) is 15.5 Å². The van der Waals surface area contributed by atoms with Gasteiger partial charge in [0.1, 0.15) is 11.4 Å². The Kier molecular flexibility index (Phi) is 6.86. The fraction of sp³-hybridized carbons (Fsp3) is 0.111. The molecular weight excluding hydrogens is 188 g/mol. The second-order valence-corrected chi connectivity index (χ2v) is 2.72. The van der Waals surface area contributed by atoms with Gasteiger partial charge in [0.2, 0.25) is 0 Å². The molecule has 0 saturated carbocycles. The lowest BCUT2D eigenvalue weighted by molar-refractivity contribution is 0.406. The van der Waals surface area contributed by atoms with Crippen molar-refractivity contribution < 1.29 is 12.9 Å². The van der Waals surface area contributed by atoms with Crippen LogP contribution in [0.25, 0.3) is 0 Å². The molecule has 0 aliphatic heterocycles. The summed E-state index contributed by atoms with van der Waals surface area (Å²) >= 11 is -2.43. The maximum atomic E-state index is 9.31. The van der Waals surface area contributed by atoms with Crippen LogP contribution in [-0.4, -0.2) is 8.76 Å². The van der Waals surface area contributed by atoms with Crippen LogP contribution in [0.2, 0.25) is 0 Å². The van der Waals surface area contributed by atoms with Gasteiger partial charge in [0.15, 0.2) is 0 Å². The highest BCUT2D eigenvalue weighted by Gasteiger charge is 1.72. The molecule has 72 valence electrons. The number of benzene rings is 1. The van der Waals surface area contributed by atoms with Crippen molar-refractivity contribution >= 4 is 11.4 Å². The van der Waals surface area contributed by atoms with Gasteiger partial charge in [-0.05, 0) is 6.92 Å². The average molecular weight is 199 g/mol. The number of hydrogen-bond acceptors (Lipinski definition) is 3. The van der Waals surface area contributed by atoms with Gasteiger partial charge in [0.05, 0.1) is 6.26 Å². The Morgan fingerprint density at radius 1 is 1.46 bits per heavy atom. The maximum Gasteiger partial charge on any atom is 0.138 e. The second-order valence-electron chi connectivity index (χ2n) is 2.12. The summed E-state index contributed by atoms with van der Waals surface area (Å²) in [4.78, 5) is 0. The van der Waals surface area contributed by atoms with E-state index in [0.717, 1.165) is 6.26 Å². The number of rotatable bonds is 2. The zero-order valence-electron chi connectivity index (χ0n) is 7.30. The highest BCUT2D eigenvalue weighted by atomic mass is 32.2. The quantitative estimate of drug-likeness (QED) is 0.540. The highest BCUT2D eigenvalue weighted by molar-refractivity contribution is 7.74. The average Bonchev–Trinajstić information content (AvgIpc) is 2.06. The first-order valence-corrected chi connectivity index (χ1v) is 4.55. The zero-order chi connectivity index (χ0) is 10.1. The van der Waals surface area contributed by atoms with Gasteiger partial charge in [-0.15, -0.1) is 0 Å². The first kappa shape index (κ1) is 11.9. The van der Waals surface area contributed by atoms with Crippen LogP contribution in [0.1, 0.15) is 5.56 Å². The molecule has 0 spiro atoms. The Morgan fingerprint density at radius 3 is 2.15 bits per heavy atom. The molecule has 0 N–H and O–H groups in total. The summed E-state index contributed by atoms with van der Waals surface area (Å²) in [6.45, 7) is 5.07. The molecule has 1 unspecified atom stereocenters. The summed E-state index contributed by atoms with van der Waals surface area (Å²) in [5, 5.41) is 0. The summed E-state index contributed by atoms with van der Waals surface area (Å²) < 4.78 is 22.3. The van der Waals surface area contributed by atoms with E-state index in [1.165, 1.54) is 5.56 Å². The van der Waals surface area contributed by atoms with E-state index >= 15 is 0 Å². The molecule has 0 saturated heterocycles. The molecule has 1 rings (SSSR count). The van der Waals surface area contributed by atoms with Crippen LogP contribution in [0, 0.1) is 6.92 Å². The maximum absolute atomic E-state index is 9.31. The number of hydrogen-bond donors (Lipinski definition) is 0. The lowest BCUT2D eigenvalue weighted by Crippen LogP contribution is -1.84. The van der Waals surface area contributed by atoms with Crippen LogP contribution in [0.5, 0.6) is 0 Å². The lowest BCUT2D eigenvalue weighted by Gasteiger charge is -1.97. The predicted octanol–water partition coefficient (Wildman–Crippen LogP) is 1.94. The molecule has 1 aromatic carbocycles. The van der Waals surface area contributed by atoms with Crippen LogP contribution in [0.15, 0.2) is 43.2 Å². The van der Waals surface area contributed by atoms with Crippen molar-refractivity contribution in [3.05, 3.63) is 48.7 Å². The topological polar surface area (TPSA) is 49.4 Å². The minimum atomic E-state index is -2.43. The normalized spacial score (nSPS) is 10.6. The van der Waals surface area contributed by atoms with E-state index in [1.54, 1.807) is 0 Å². The highest BCUT2D eigenvalue weighted by Crippen LogP contribution is 1.92.